The maximum atomic E-state index is 14.2. The highest BCUT2D eigenvalue weighted by Crippen LogP contribution is 2.61. The number of rotatable bonds is 10. The minimum atomic E-state index is -4.81. The molecule has 0 unspecified atom stereocenters. The zero-order chi connectivity index (χ0) is 33.4. The van der Waals surface area contributed by atoms with Gasteiger partial charge in [0.05, 0.1) is 29.2 Å². The second-order valence-electron chi connectivity index (χ2n) is 11.3. The zero-order valence-corrected chi connectivity index (χ0v) is 26.7. The van der Waals surface area contributed by atoms with Gasteiger partial charge < -0.3 is 35.4 Å². The Bertz CT molecular complexity index is 1740. The molecule has 15 heteroatoms. The van der Waals surface area contributed by atoms with Crippen molar-refractivity contribution >= 4 is 42.2 Å². The van der Waals surface area contributed by atoms with Crippen LogP contribution in [0.5, 0.6) is 5.75 Å². The summed E-state index contributed by atoms with van der Waals surface area (Å²) in [5, 5.41) is 7.45. The number of hydrogen-bond donors (Lipinski definition) is 5. The van der Waals surface area contributed by atoms with Gasteiger partial charge in [-0.15, -0.1) is 0 Å². The number of anilines is 4. The van der Waals surface area contributed by atoms with E-state index < -0.39 is 30.3 Å². The van der Waals surface area contributed by atoms with Crippen LogP contribution in [0.4, 0.5) is 36.3 Å². The number of amides is 1. The molecule has 1 aromatic heterocycles. The SMILES string of the molecule is CCC(CC)(c1ccc(Nc2ncc(C(F)(F)F)c(Nc3ccc(C4=CCNCC4)c4c3C(=O)N(C)C4)n2)c(OC)c1)P(=O)(O)O. The molecule has 5 rings (SSSR count). The number of hydrogen-bond acceptors (Lipinski definition) is 8. The Morgan fingerprint density at radius 1 is 1.11 bits per heavy atom. The number of fused-ring (bicyclic) bond motifs is 1. The lowest BCUT2D eigenvalue weighted by atomic mass is 9.92. The molecule has 46 heavy (non-hydrogen) atoms. The highest BCUT2D eigenvalue weighted by molar-refractivity contribution is 7.53. The number of ether oxygens (including phenoxy) is 1. The highest BCUT2D eigenvalue weighted by atomic mass is 31.2. The van der Waals surface area contributed by atoms with E-state index in [1.807, 2.05) is 6.07 Å². The summed E-state index contributed by atoms with van der Waals surface area (Å²) in [6.07, 6.45) is -1.02. The third kappa shape index (κ3) is 6.09. The fourth-order valence-corrected chi connectivity index (χ4v) is 7.44. The van der Waals surface area contributed by atoms with Gasteiger partial charge in [-0.25, -0.2) is 4.98 Å². The summed E-state index contributed by atoms with van der Waals surface area (Å²) in [6.45, 7) is 5.16. The number of alkyl halides is 3. The molecule has 2 aliphatic rings. The Hall–Kier alpha value is -3.97. The van der Waals surface area contributed by atoms with Gasteiger partial charge in [-0.05, 0) is 66.3 Å². The Labute approximate surface area is 264 Å². The van der Waals surface area contributed by atoms with Crippen molar-refractivity contribution in [1.29, 1.82) is 0 Å². The Kier molecular flexibility index (Phi) is 9.20. The molecule has 0 fully saturated rings. The van der Waals surface area contributed by atoms with E-state index in [2.05, 4.69) is 32.0 Å². The van der Waals surface area contributed by atoms with Gasteiger partial charge in [0.25, 0.3) is 5.91 Å². The summed E-state index contributed by atoms with van der Waals surface area (Å²) in [6, 6.07) is 7.94. The minimum absolute atomic E-state index is 0.165. The van der Waals surface area contributed by atoms with Crippen LogP contribution in [-0.2, 0) is 22.4 Å². The summed E-state index contributed by atoms with van der Waals surface area (Å²) < 4.78 is 60.4. The maximum absolute atomic E-state index is 14.2. The number of carbonyl (C=O) groups is 1. The van der Waals surface area contributed by atoms with E-state index in [0.717, 1.165) is 29.7 Å². The molecular weight excluding hydrogens is 624 g/mol. The molecule has 0 spiro atoms. The van der Waals surface area contributed by atoms with Crippen molar-refractivity contribution in [3.8, 4) is 5.75 Å². The topological polar surface area (TPSA) is 149 Å². The fourth-order valence-electron chi connectivity index (χ4n) is 6.14. The Morgan fingerprint density at radius 2 is 1.83 bits per heavy atom. The third-order valence-corrected chi connectivity index (χ3v) is 10.7. The molecule has 2 aromatic carbocycles. The first-order chi connectivity index (χ1) is 21.7. The maximum Gasteiger partial charge on any atom is 0.421 e. The highest BCUT2D eigenvalue weighted by Gasteiger charge is 2.45. The third-order valence-electron chi connectivity index (χ3n) is 8.74. The summed E-state index contributed by atoms with van der Waals surface area (Å²) in [7, 11) is -1.57. The monoisotopic (exact) mass is 660 g/mol. The number of nitrogens with zero attached hydrogens (tertiary/aromatic N) is 3. The van der Waals surface area contributed by atoms with Gasteiger partial charge in [0, 0.05) is 26.3 Å². The molecule has 3 heterocycles. The van der Waals surface area contributed by atoms with Crippen molar-refractivity contribution in [2.45, 2.75) is 51.0 Å². The average Bonchev–Trinajstić information content (AvgIpc) is 3.32. The van der Waals surface area contributed by atoms with Gasteiger partial charge in [0.15, 0.2) is 0 Å². The number of halogens is 3. The quantitative estimate of drug-likeness (QED) is 0.161. The molecule has 0 radical (unpaired) electrons. The smallest absolute Gasteiger partial charge is 0.421 e. The molecule has 11 nitrogen and oxygen atoms in total. The molecule has 0 saturated carbocycles. The normalized spacial score (nSPS) is 15.5. The predicted molar refractivity (Wildman–Crippen MR) is 169 cm³/mol. The van der Waals surface area contributed by atoms with Crippen LogP contribution in [0.1, 0.15) is 65.7 Å². The molecule has 246 valence electrons. The van der Waals surface area contributed by atoms with Gasteiger partial charge in [0.2, 0.25) is 5.95 Å². The van der Waals surface area contributed by atoms with Crippen molar-refractivity contribution in [2.75, 3.05) is 37.9 Å². The average molecular weight is 661 g/mol. The largest absolute Gasteiger partial charge is 0.495 e. The van der Waals surface area contributed by atoms with Crippen molar-refractivity contribution < 1.29 is 37.1 Å². The fraction of sp³-hybridized carbons (Fsp3) is 0.387. The van der Waals surface area contributed by atoms with E-state index in [0.29, 0.717) is 30.4 Å². The molecule has 0 aliphatic carbocycles. The zero-order valence-electron chi connectivity index (χ0n) is 25.8. The van der Waals surface area contributed by atoms with E-state index in [9.17, 15) is 32.3 Å². The van der Waals surface area contributed by atoms with E-state index in [1.54, 1.807) is 27.0 Å². The van der Waals surface area contributed by atoms with Crippen LogP contribution in [-0.4, -0.2) is 57.8 Å². The van der Waals surface area contributed by atoms with Crippen LogP contribution in [0.25, 0.3) is 5.57 Å². The molecule has 5 N–H and O–H groups in total. The lowest BCUT2D eigenvalue weighted by molar-refractivity contribution is -0.137. The summed E-state index contributed by atoms with van der Waals surface area (Å²) in [5.41, 5.74) is 2.68. The van der Waals surface area contributed by atoms with Crippen molar-refractivity contribution in [3.05, 3.63) is 70.4 Å². The molecule has 3 aromatic rings. The molecular formula is C31H36F3N6O5P. The van der Waals surface area contributed by atoms with Gasteiger partial charge in [-0.3, -0.25) is 9.36 Å². The predicted octanol–water partition coefficient (Wildman–Crippen LogP) is 6.15. The lowest BCUT2D eigenvalue weighted by Gasteiger charge is -2.33. The first-order valence-corrected chi connectivity index (χ1v) is 16.4. The van der Waals surface area contributed by atoms with E-state index in [4.69, 9.17) is 4.74 Å². The van der Waals surface area contributed by atoms with Crippen LogP contribution < -0.4 is 20.7 Å². The van der Waals surface area contributed by atoms with E-state index in [1.165, 1.54) is 30.2 Å². The number of benzene rings is 2. The molecule has 0 bridgehead atoms. The lowest BCUT2D eigenvalue weighted by Crippen LogP contribution is -2.24. The molecule has 2 aliphatic heterocycles. The van der Waals surface area contributed by atoms with Gasteiger partial charge in [-0.1, -0.05) is 32.1 Å². The van der Waals surface area contributed by atoms with E-state index in [-0.39, 0.29) is 41.8 Å². The van der Waals surface area contributed by atoms with Crippen molar-refractivity contribution in [3.63, 3.8) is 0 Å². The van der Waals surface area contributed by atoms with Crippen LogP contribution >= 0.6 is 7.60 Å². The second-order valence-corrected chi connectivity index (χ2v) is 13.2. The standard InChI is InChI=1S/C31H36F3N6O5P/c1-5-30(6-2,46(42,43)44)19-7-9-23(25(15-19)45-4)38-29-36-16-22(31(32,33)34)27(39-29)37-24-10-8-20(18-11-13-35-14-12-18)21-17-40(3)28(41)26(21)24/h7-11,15-16,35H,5-6,12-14,17H2,1-4H3,(H2,42,43,44)(H2,36,37,38,39). The first kappa shape index (κ1) is 33.4. The Balaban J connectivity index is 1.53. The van der Waals surface area contributed by atoms with Crippen LogP contribution in [0.15, 0.2) is 42.6 Å². The summed E-state index contributed by atoms with van der Waals surface area (Å²) in [5.74, 6) is -0.892. The summed E-state index contributed by atoms with van der Waals surface area (Å²) >= 11 is 0. The van der Waals surface area contributed by atoms with Gasteiger partial charge in [0.1, 0.15) is 17.1 Å². The Morgan fingerprint density at radius 3 is 2.43 bits per heavy atom. The minimum Gasteiger partial charge on any atom is -0.495 e. The molecule has 1 amide bonds. The second kappa shape index (κ2) is 12.7. The number of carbonyl (C=O) groups excluding carboxylic acids is 1. The van der Waals surface area contributed by atoms with E-state index >= 15 is 0 Å². The van der Waals surface area contributed by atoms with Crippen LogP contribution in [0, 0.1) is 0 Å². The molecule has 0 atom stereocenters. The van der Waals surface area contributed by atoms with Crippen LogP contribution in [0.3, 0.4) is 0 Å². The number of nitrogens with one attached hydrogen (secondary N) is 3. The van der Waals surface area contributed by atoms with Gasteiger partial charge in [-0.2, -0.15) is 18.2 Å². The van der Waals surface area contributed by atoms with Crippen LogP contribution in [0.2, 0.25) is 0 Å². The number of methoxy groups -OCH3 is 1. The van der Waals surface area contributed by atoms with Gasteiger partial charge >= 0.3 is 13.8 Å². The first-order valence-electron chi connectivity index (χ1n) is 14.8. The molecule has 0 saturated heterocycles. The summed E-state index contributed by atoms with van der Waals surface area (Å²) in [4.78, 5) is 43.1. The van der Waals surface area contributed by atoms with Crippen molar-refractivity contribution in [2.24, 2.45) is 0 Å². The van der Waals surface area contributed by atoms with Crippen molar-refractivity contribution in [1.82, 2.24) is 20.2 Å². The number of aromatic nitrogens is 2.